The zero-order valence-electron chi connectivity index (χ0n) is 13.4. The molecular formula is C17H25NO3S. The number of rotatable bonds is 9. The van der Waals surface area contributed by atoms with Crippen LogP contribution in [0, 0.1) is 0 Å². The second-order valence-electron chi connectivity index (χ2n) is 5.55. The molecule has 1 amide bonds. The molecule has 0 aromatic heterocycles. The van der Waals surface area contributed by atoms with Crippen LogP contribution < -0.4 is 0 Å². The highest BCUT2D eigenvalue weighted by atomic mass is 32.2. The quantitative estimate of drug-likeness (QED) is 0.656. The largest absolute Gasteiger partial charge is 0.338 e. The van der Waals surface area contributed by atoms with Gasteiger partial charge < -0.3 is 4.90 Å². The molecule has 0 saturated carbocycles. The Labute approximate surface area is 133 Å². The highest BCUT2D eigenvalue weighted by molar-refractivity contribution is 7.92. The Bertz CT molecular complexity index is 594. The molecule has 0 radical (unpaired) electrons. The van der Waals surface area contributed by atoms with Crippen molar-refractivity contribution in [3.8, 4) is 0 Å². The van der Waals surface area contributed by atoms with Gasteiger partial charge in [0.05, 0.1) is 5.75 Å². The summed E-state index contributed by atoms with van der Waals surface area (Å²) in [5.74, 6) is -0.716. The standard InChI is InChI=1S/C17H25NO3S/c1-4-18(13-15(2)3)17(19)14-22(20,21)12-8-11-16-9-6-5-7-10-16/h5-7,9-10H,2,4,8,11-14H2,1,3H3. The second kappa shape index (κ2) is 8.73. The third-order valence-corrected chi connectivity index (χ3v) is 4.90. The van der Waals surface area contributed by atoms with E-state index in [1.807, 2.05) is 44.2 Å². The molecule has 4 nitrogen and oxygen atoms in total. The fourth-order valence-electron chi connectivity index (χ4n) is 2.19. The van der Waals surface area contributed by atoms with Crippen LogP contribution in [-0.2, 0) is 21.1 Å². The number of hydrogen-bond acceptors (Lipinski definition) is 3. The van der Waals surface area contributed by atoms with Gasteiger partial charge in [0.25, 0.3) is 0 Å². The van der Waals surface area contributed by atoms with Crippen molar-refractivity contribution < 1.29 is 13.2 Å². The van der Waals surface area contributed by atoms with Crippen LogP contribution >= 0.6 is 0 Å². The van der Waals surface area contributed by atoms with Crippen LogP contribution in [0.4, 0.5) is 0 Å². The van der Waals surface area contributed by atoms with E-state index in [0.717, 1.165) is 11.1 Å². The normalized spacial score (nSPS) is 11.2. The van der Waals surface area contributed by atoms with Crippen molar-refractivity contribution >= 4 is 15.7 Å². The van der Waals surface area contributed by atoms with Gasteiger partial charge in [0.2, 0.25) is 5.91 Å². The van der Waals surface area contributed by atoms with Crippen LogP contribution in [0.5, 0.6) is 0 Å². The Morgan fingerprint density at radius 2 is 1.86 bits per heavy atom. The fourth-order valence-corrected chi connectivity index (χ4v) is 3.48. The van der Waals surface area contributed by atoms with Crippen molar-refractivity contribution in [3.63, 3.8) is 0 Å². The first-order valence-corrected chi connectivity index (χ1v) is 9.32. The number of nitrogens with zero attached hydrogens (tertiary/aromatic N) is 1. The lowest BCUT2D eigenvalue weighted by Crippen LogP contribution is -2.37. The molecule has 0 aliphatic carbocycles. The minimum absolute atomic E-state index is 0.0399. The van der Waals surface area contributed by atoms with E-state index in [2.05, 4.69) is 6.58 Å². The van der Waals surface area contributed by atoms with E-state index >= 15 is 0 Å². The molecule has 22 heavy (non-hydrogen) atoms. The Balaban J connectivity index is 2.48. The summed E-state index contributed by atoms with van der Waals surface area (Å²) in [6, 6.07) is 9.75. The molecule has 0 fully saturated rings. The molecule has 0 spiro atoms. The van der Waals surface area contributed by atoms with Crippen LogP contribution in [0.3, 0.4) is 0 Å². The first kappa shape index (κ1) is 18.4. The van der Waals surface area contributed by atoms with Crippen LogP contribution in [-0.4, -0.2) is 43.8 Å². The van der Waals surface area contributed by atoms with Crippen LogP contribution in [0.15, 0.2) is 42.5 Å². The number of likely N-dealkylation sites (N-methyl/N-ethyl adjacent to an activating group) is 1. The summed E-state index contributed by atoms with van der Waals surface area (Å²) in [6.45, 7) is 8.32. The minimum atomic E-state index is -3.36. The van der Waals surface area contributed by atoms with Gasteiger partial charge in [-0.1, -0.05) is 42.5 Å². The van der Waals surface area contributed by atoms with Gasteiger partial charge in [-0.05, 0) is 32.3 Å². The zero-order chi connectivity index (χ0) is 16.6. The number of amides is 1. The van der Waals surface area contributed by atoms with Crippen molar-refractivity contribution in [2.45, 2.75) is 26.7 Å². The number of hydrogen-bond donors (Lipinski definition) is 0. The molecule has 0 atom stereocenters. The maximum atomic E-state index is 12.1. The zero-order valence-corrected chi connectivity index (χ0v) is 14.2. The molecule has 0 N–H and O–H groups in total. The number of carbonyl (C=O) groups is 1. The smallest absolute Gasteiger partial charge is 0.238 e. The summed E-state index contributed by atoms with van der Waals surface area (Å²) in [5.41, 5.74) is 1.96. The van der Waals surface area contributed by atoms with Gasteiger partial charge >= 0.3 is 0 Å². The molecule has 0 heterocycles. The van der Waals surface area contributed by atoms with Gasteiger partial charge in [-0.25, -0.2) is 8.42 Å². The predicted molar refractivity (Wildman–Crippen MR) is 90.5 cm³/mol. The average Bonchev–Trinajstić information content (AvgIpc) is 2.44. The topological polar surface area (TPSA) is 54.5 Å². The van der Waals surface area contributed by atoms with E-state index in [1.54, 1.807) is 0 Å². The Morgan fingerprint density at radius 3 is 2.41 bits per heavy atom. The average molecular weight is 323 g/mol. The van der Waals surface area contributed by atoms with Crippen molar-refractivity contribution in [2.75, 3.05) is 24.6 Å². The van der Waals surface area contributed by atoms with E-state index in [-0.39, 0.29) is 11.7 Å². The molecule has 122 valence electrons. The van der Waals surface area contributed by atoms with Gasteiger partial charge in [-0.2, -0.15) is 0 Å². The molecule has 5 heteroatoms. The fraction of sp³-hybridized carbons (Fsp3) is 0.471. The van der Waals surface area contributed by atoms with Crippen LogP contribution in [0.2, 0.25) is 0 Å². The highest BCUT2D eigenvalue weighted by Gasteiger charge is 2.20. The van der Waals surface area contributed by atoms with E-state index < -0.39 is 15.6 Å². The third-order valence-electron chi connectivity index (χ3n) is 3.30. The predicted octanol–water partition coefficient (Wildman–Crippen LogP) is 2.46. The third kappa shape index (κ3) is 6.89. The molecule has 0 saturated heterocycles. The summed E-state index contributed by atoms with van der Waals surface area (Å²) in [5, 5.41) is 0. The number of aryl methyl sites for hydroxylation is 1. The lowest BCUT2D eigenvalue weighted by molar-refractivity contribution is -0.127. The van der Waals surface area contributed by atoms with E-state index in [4.69, 9.17) is 0 Å². The lowest BCUT2D eigenvalue weighted by Gasteiger charge is -2.20. The van der Waals surface area contributed by atoms with E-state index in [0.29, 0.717) is 25.9 Å². The lowest BCUT2D eigenvalue weighted by atomic mass is 10.1. The molecule has 0 bridgehead atoms. The van der Waals surface area contributed by atoms with Crippen molar-refractivity contribution in [3.05, 3.63) is 48.0 Å². The second-order valence-corrected chi connectivity index (χ2v) is 7.73. The molecular weight excluding hydrogens is 298 g/mol. The molecule has 0 aliphatic heterocycles. The van der Waals surface area contributed by atoms with E-state index in [9.17, 15) is 13.2 Å². The molecule has 1 aromatic rings. The first-order valence-electron chi connectivity index (χ1n) is 7.50. The van der Waals surface area contributed by atoms with Crippen LogP contribution in [0.1, 0.15) is 25.8 Å². The van der Waals surface area contributed by atoms with Gasteiger partial charge in [-0.3, -0.25) is 4.79 Å². The van der Waals surface area contributed by atoms with Gasteiger partial charge in [0.15, 0.2) is 9.84 Å². The Hall–Kier alpha value is -1.62. The summed E-state index contributed by atoms with van der Waals surface area (Å²) in [6.07, 6.45) is 1.24. The van der Waals surface area contributed by atoms with Crippen molar-refractivity contribution in [1.29, 1.82) is 0 Å². The maximum absolute atomic E-state index is 12.1. The molecule has 1 aromatic carbocycles. The number of benzene rings is 1. The van der Waals surface area contributed by atoms with Crippen LogP contribution in [0.25, 0.3) is 0 Å². The Morgan fingerprint density at radius 1 is 1.23 bits per heavy atom. The first-order chi connectivity index (χ1) is 10.3. The minimum Gasteiger partial charge on any atom is -0.338 e. The molecule has 1 rings (SSSR count). The number of sulfone groups is 1. The SMILES string of the molecule is C=C(C)CN(CC)C(=O)CS(=O)(=O)CCCc1ccccc1. The summed E-state index contributed by atoms with van der Waals surface area (Å²) >= 11 is 0. The van der Waals surface area contributed by atoms with Gasteiger partial charge in [-0.15, -0.1) is 0 Å². The van der Waals surface area contributed by atoms with E-state index in [1.165, 1.54) is 4.90 Å². The van der Waals surface area contributed by atoms with Crippen molar-refractivity contribution in [1.82, 2.24) is 4.90 Å². The monoisotopic (exact) mass is 323 g/mol. The van der Waals surface area contributed by atoms with Crippen molar-refractivity contribution in [2.24, 2.45) is 0 Å². The molecule has 0 aliphatic rings. The summed E-state index contributed by atoms with van der Waals surface area (Å²) in [7, 11) is -3.36. The summed E-state index contributed by atoms with van der Waals surface area (Å²) in [4.78, 5) is 13.6. The summed E-state index contributed by atoms with van der Waals surface area (Å²) < 4.78 is 24.1. The number of carbonyl (C=O) groups excluding carboxylic acids is 1. The maximum Gasteiger partial charge on any atom is 0.238 e. The Kier molecular flexibility index (Phi) is 7.32. The van der Waals surface area contributed by atoms with Gasteiger partial charge in [0, 0.05) is 13.1 Å². The molecule has 0 unspecified atom stereocenters. The van der Waals surface area contributed by atoms with Gasteiger partial charge in [0.1, 0.15) is 5.75 Å². The highest BCUT2D eigenvalue weighted by Crippen LogP contribution is 2.06.